The molecule has 0 aromatic heterocycles. The summed E-state index contributed by atoms with van der Waals surface area (Å²) in [6.45, 7) is 11.4. The molecular formula is C18H29NO. The Bertz CT molecular complexity index is 424. The van der Waals surface area contributed by atoms with E-state index in [-0.39, 0.29) is 0 Å². The minimum absolute atomic E-state index is 0.320. The summed E-state index contributed by atoms with van der Waals surface area (Å²) in [6.07, 6.45) is 2.58. The summed E-state index contributed by atoms with van der Waals surface area (Å²) < 4.78 is 5.27. The van der Waals surface area contributed by atoms with Crippen LogP contribution in [-0.2, 0) is 5.41 Å². The Morgan fingerprint density at radius 3 is 2.25 bits per heavy atom. The van der Waals surface area contributed by atoms with Crippen LogP contribution in [0.3, 0.4) is 0 Å². The fourth-order valence-corrected chi connectivity index (χ4v) is 3.29. The Morgan fingerprint density at radius 1 is 1.20 bits per heavy atom. The maximum atomic E-state index is 5.27. The Labute approximate surface area is 123 Å². The van der Waals surface area contributed by atoms with Crippen LogP contribution in [0.2, 0.25) is 0 Å². The average molecular weight is 275 g/mol. The molecule has 1 fully saturated rings. The minimum atomic E-state index is 0.320. The van der Waals surface area contributed by atoms with Gasteiger partial charge in [0.15, 0.2) is 0 Å². The van der Waals surface area contributed by atoms with Gasteiger partial charge in [-0.25, -0.2) is 0 Å². The fraction of sp³-hybridized carbons (Fsp3) is 0.667. The molecule has 1 aromatic carbocycles. The molecule has 0 bridgehead atoms. The van der Waals surface area contributed by atoms with Crippen LogP contribution in [0, 0.1) is 11.3 Å². The molecule has 0 saturated heterocycles. The topological polar surface area (TPSA) is 21.3 Å². The molecule has 112 valence electrons. The van der Waals surface area contributed by atoms with Gasteiger partial charge in [-0.1, -0.05) is 39.8 Å². The summed E-state index contributed by atoms with van der Waals surface area (Å²) in [7, 11) is 1.72. The third kappa shape index (κ3) is 3.01. The van der Waals surface area contributed by atoms with Crippen molar-refractivity contribution in [2.45, 2.75) is 46.0 Å². The van der Waals surface area contributed by atoms with Gasteiger partial charge in [0, 0.05) is 12.0 Å². The first-order chi connectivity index (χ1) is 9.41. The van der Waals surface area contributed by atoms with Gasteiger partial charge in [-0.15, -0.1) is 0 Å². The highest BCUT2D eigenvalue weighted by Gasteiger charge is 2.48. The molecule has 1 aromatic rings. The zero-order chi connectivity index (χ0) is 14.8. The fourth-order valence-electron chi connectivity index (χ4n) is 3.29. The van der Waals surface area contributed by atoms with Crippen LogP contribution in [0.4, 0.5) is 0 Å². The van der Waals surface area contributed by atoms with E-state index in [1.807, 2.05) is 0 Å². The zero-order valence-corrected chi connectivity index (χ0v) is 13.6. The second-order valence-corrected chi connectivity index (χ2v) is 7.26. The van der Waals surface area contributed by atoms with Crippen molar-refractivity contribution in [3.63, 3.8) is 0 Å². The van der Waals surface area contributed by atoms with E-state index in [0.717, 1.165) is 24.8 Å². The number of likely N-dealkylation sites (N-methyl/N-ethyl adjacent to an activating group) is 1. The Morgan fingerprint density at radius 2 is 1.80 bits per heavy atom. The first kappa shape index (κ1) is 15.4. The number of hydrogen-bond acceptors (Lipinski definition) is 2. The molecule has 0 radical (unpaired) electrons. The molecule has 0 atom stereocenters. The number of benzene rings is 1. The van der Waals surface area contributed by atoms with Crippen LogP contribution < -0.4 is 10.1 Å². The van der Waals surface area contributed by atoms with Gasteiger partial charge in [0.1, 0.15) is 5.75 Å². The van der Waals surface area contributed by atoms with Crippen molar-refractivity contribution >= 4 is 0 Å². The van der Waals surface area contributed by atoms with Crippen molar-refractivity contribution in [1.29, 1.82) is 0 Å². The number of rotatable bonds is 5. The summed E-state index contributed by atoms with van der Waals surface area (Å²) in [4.78, 5) is 0. The van der Waals surface area contributed by atoms with Crippen molar-refractivity contribution in [3.8, 4) is 5.75 Å². The molecule has 0 aliphatic heterocycles. The zero-order valence-electron chi connectivity index (χ0n) is 13.6. The van der Waals surface area contributed by atoms with Gasteiger partial charge >= 0.3 is 0 Å². The normalized spacial score (nSPS) is 26.1. The van der Waals surface area contributed by atoms with Crippen molar-refractivity contribution in [3.05, 3.63) is 29.8 Å². The van der Waals surface area contributed by atoms with Gasteiger partial charge in [-0.3, -0.25) is 0 Å². The van der Waals surface area contributed by atoms with E-state index in [1.54, 1.807) is 7.11 Å². The monoisotopic (exact) mass is 275 g/mol. The maximum Gasteiger partial charge on any atom is 0.118 e. The van der Waals surface area contributed by atoms with Crippen LogP contribution in [0.5, 0.6) is 5.75 Å². The molecule has 1 saturated carbocycles. The predicted octanol–water partition coefficient (Wildman–Crippen LogP) is 4.00. The van der Waals surface area contributed by atoms with Gasteiger partial charge in [0.2, 0.25) is 0 Å². The highest BCUT2D eigenvalue weighted by atomic mass is 16.5. The second-order valence-electron chi connectivity index (χ2n) is 7.26. The van der Waals surface area contributed by atoms with Crippen LogP contribution in [-0.4, -0.2) is 20.2 Å². The highest BCUT2D eigenvalue weighted by molar-refractivity contribution is 5.35. The average Bonchev–Trinajstić information content (AvgIpc) is 2.37. The molecule has 0 heterocycles. The Balaban J connectivity index is 2.16. The van der Waals surface area contributed by atoms with Crippen LogP contribution in [0.1, 0.15) is 46.1 Å². The smallest absolute Gasteiger partial charge is 0.118 e. The van der Waals surface area contributed by atoms with E-state index in [2.05, 4.69) is 57.3 Å². The van der Waals surface area contributed by atoms with E-state index in [4.69, 9.17) is 4.74 Å². The first-order valence-electron chi connectivity index (χ1n) is 7.76. The molecule has 2 nitrogen and oxygen atoms in total. The quantitative estimate of drug-likeness (QED) is 0.877. The summed E-state index contributed by atoms with van der Waals surface area (Å²) >= 11 is 0. The van der Waals surface area contributed by atoms with Gasteiger partial charge < -0.3 is 10.1 Å². The van der Waals surface area contributed by atoms with E-state index in [9.17, 15) is 0 Å². The highest BCUT2D eigenvalue weighted by Crippen LogP contribution is 2.54. The lowest BCUT2D eigenvalue weighted by Crippen LogP contribution is -2.52. The molecule has 0 amide bonds. The first-order valence-corrected chi connectivity index (χ1v) is 7.76. The molecule has 2 rings (SSSR count). The van der Waals surface area contributed by atoms with Crippen LogP contribution >= 0.6 is 0 Å². The van der Waals surface area contributed by atoms with Crippen molar-refractivity contribution in [2.24, 2.45) is 11.3 Å². The lowest BCUT2D eigenvalue weighted by atomic mass is 9.52. The number of hydrogen-bond donors (Lipinski definition) is 1. The molecule has 0 spiro atoms. The van der Waals surface area contributed by atoms with Gasteiger partial charge in [-0.05, 0) is 48.4 Å². The summed E-state index contributed by atoms with van der Waals surface area (Å²) in [5.74, 6) is 1.77. The van der Waals surface area contributed by atoms with Crippen molar-refractivity contribution in [1.82, 2.24) is 5.32 Å². The van der Waals surface area contributed by atoms with Crippen LogP contribution in [0.15, 0.2) is 24.3 Å². The summed E-state index contributed by atoms with van der Waals surface area (Å²) in [5.41, 5.74) is 2.20. The van der Waals surface area contributed by atoms with E-state index in [0.29, 0.717) is 10.8 Å². The molecule has 2 heteroatoms. The molecule has 1 aliphatic carbocycles. The molecule has 1 N–H and O–H groups in total. The van der Waals surface area contributed by atoms with Gasteiger partial charge in [0.05, 0.1) is 7.11 Å². The van der Waals surface area contributed by atoms with Crippen molar-refractivity contribution < 1.29 is 4.74 Å². The molecule has 0 unspecified atom stereocenters. The summed E-state index contributed by atoms with van der Waals surface area (Å²) in [5, 5.41) is 3.56. The van der Waals surface area contributed by atoms with Crippen molar-refractivity contribution in [2.75, 3.05) is 20.2 Å². The van der Waals surface area contributed by atoms with E-state index in [1.165, 1.54) is 18.4 Å². The van der Waals surface area contributed by atoms with E-state index < -0.39 is 0 Å². The van der Waals surface area contributed by atoms with Gasteiger partial charge in [-0.2, -0.15) is 0 Å². The van der Waals surface area contributed by atoms with Gasteiger partial charge in [0.25, 0.3) is 0 Å². The summed E-state index contributed by atoms with van der Waals surface area (Å²) in [6, 6.07) is 8.67. The van der Waals surface area contributed by atoms with E-state index >= 15 is 0 Å². The Kier molecular flexibility index (Phi) is 4.43. The number of nitrogens with one attached hydrogen (secondary N) is 1. The maximum absolute atomic E-state index is 5.27. The SMILES string of the molecule is CCNCC1(c2ccc(OC)cc2)CC(C(C)(C)C)C1. The number of ether oxygens (including phenoxy) is 1. The predicted molar refractivity (Wildman–Crippen MR) is 85.4 cm³/mol. The third-order valence-corrected chi connectivity index (χ3v) is 4.91. The lowest BCUT2D eigenvalue weighted by molar-refractivity contribution is 0.0452. The third-order valence-electron chi connectivity index (χ3n) is 4.91. The Hall–Kier alpha value is -1.02. The molecule has 20 heavy (non-hydrogen) atoms. The standard InChI is InChI=1S/C18H29NO/c1-6-19-13-18(11-15(12-18)17(2,3)4)14-7-9-16(20-5)10-8-14/h7-10,15,19H,6,11-13H2,1-5H3. The lowest BCUT2D eigenvalue weighted by Gasteiger charge is -2.53. The second kappa shape index (κ2) is 5.77. The van der Waals surface area contributed by atoms with Crippen LogP contribution in [0.25, 0.3) is 0 Å². The number of methoxy groups -OCH3 is 1. The molecule has 1 aliphatic rings. The molecular weight excluding hydrogens is 246 g/mol. The largest absolute Gasteiger partial charge is 0.497 e. The minimum Gasteiger partial charge on any atom is -0.497 e.